The minimum absolute atomic E-state index is 0.391. The molecule has 2 atom stereocenters. The number of benzene rings is 1. The van der Waals surface area contributed by atoms with Crippen molar-refractivity contribution in [1.82, 2.24) is 10.2 Å². The first-order chi connectivity index (χ1) is 9.47. The summed E-state index contributed by atoms with van der Waals surface area (Å²) in [7, 11) is 0. The molecule has 0 radical (unpaired) electrons. The van der Waals surface area contributed by atoms with Crippen LogP contribution in [0.4, 0.5) is 0 Å². The van der Waals surface area contributed by atoms with Gasteiger partial charge in [-0.2, -0.15) is 0 Å². The van der Waals surface area contributed by atoms with Gasteiger partial charge in [0.25, 0.3) is 0 Å². The molecule has 0 amide bonds. The minimum atomic E-state index is 0.391. The summed E-state index contributed by atoms with van der Waals surface area (Å²) >= 11 is 0. The molecule has 1 N–H and O–H groups in total. The highest BCUT2D eigenvalue weighted by molar-refractivity contribution is 5.19. The maximum absolute atomic E-state index is 3.70. The molecule has 1 aromatic rings. The summed E-state index contributed by atoms with van der Waals surface area (Å²) in [6, 6.07) is 11.3. The van der Waals surface area contributed by atoms with Crippen molar-refractivity contribution in [3.8, 4) is 0 Å². The van der Waals surface area contributed by atoms with Crippen LogP contribution in [0.5, 0.6) is 0 Å². The summed E-state index contributed by atoms with van der Waals surface area (Å²) in [5.41, 5.74) is 1.81. The molecule has 0 aromatic heterocycles. The van der Waals surface area contributed by atoms with Gasteiger partial charge in [-0.1, -0.05) is 58.0 Å². The second-order valence-corrected chi connectivity index (χ2v) is 7.30. The van der Waals surface area contributed by atoms with E-state index in [1.807, 2.05) is 0 Å². The fourth-order valence-electron chi connectivity index (χ4n) is 2.73. The van der Waals surface area contributed by atoms with Gasteiger partial charge >= 0.3 is 0 Å². The van der Waals surface area contributed by atoms with Crippen LogP contribution in [0.3, 0.4) is 0 Å². The van der Waals surface area contributed by atoms with Gasteiger partial charge in [-0.05, 0) is 36.4 Å². The molecule has 0 spiro atoms. The normalized spacial score (nSPS) is 23.3. The number of hydrogen-bond acceptors (Lipinski definition) is 2. The van der Waals surface area contributed by atoms with Crippen LogP contribution in [0, 0.1) is 11.3 Å². The van der Waals surface area contributed by atoms with E-state index < -0.39 is 0 Å². The Kier molecular flexibility index (Phi) is 5.22. The Morgan fingerprint density at radius 3 is 2.60 bits per heavy atom. The lowest BCUT2D eigenvalue weighted by atomic mass is 9.82. The Morgan fingerprint density at radius 1 is 1.25 bits per heavy atom. The molecule has 1 heterocycles. The molecule has 1 aromatic carbocycles. The van der Waals surface area contributed by atoms with Crippen LogP contribution < -0.4 is 5.32 Å². The summed E-state index contributed by atoms with van der Waals surface area (Å²) < 4.78 is 0. The third-order valence-corrected chi connectivity index (χ3v) is 4.70. The van der Waals surface area contributed by atoms with E-state index in [0.717, 1.165) is 19.0 Å². The Morgan fingerprint density at radius 2 is 1.95 bits per heavy atom. The number of hydrogen-bond donors (Lipinski definition) is 1. The quantitative estimate of drug-likeness (QED) is 0.904. The van der Waals surface area contributed by atoms with Crippen molar-refractivity contribution in [3.63, 3.8) is 0 Å². The molecular weight excluding hydrogens is 244 g/mol. The molecule has 1 fully saturated rings. The van der Waals surface area contributed by atoms with Crippen LogP contribution in [0.15, 0.2) is 30.3 Å². The van der Waals surface area contributed by atoms with E-state index in [9.17, 15) is 0 Å². The van der Waals surface area contributed by atoms with E-state index in [1.54, 1.807) is 0 Å². The standard InChI is InChI=1S/C18H30N2/c1-15(18(2,3)4)13-20-12-8-11-19-17(14-20)16-9-6-5-7-10-16/h5-7,9-10,15,17,19H,8,11-14H2,1-4H3. The molecule has 20 heavy (non-hydrogen) atoms. The third kappa shape index (κ3) is 4.32. The maximum Gasteiger partial charge on any atom is 0.0449 e. The minimum Gasteiger partial charge on any atom is -0.309 e. The summed E-state index contributed by atoms with van der Waals surface area (Å²) in [6.07, 6.45) is 1.25. The molecule has 0 bridgehead atoms. The van der Waals surface area contributed by atoms with Crippen molar-refractivity contribution < 1.29 is 0 Å². The molecular formula is C18H30N2. The molecule has 1 aliphatic heterocycles. The Labute approximate surface area is 124 Å². The van der Waals surface area contributed by atoms with Gasteiger partial charge in [0, 0.05) is 19.1 Å². The van der Waals surface area contributed by atoms with Crippen molar-refractivity contribution in [2.45, 2.75) is 40.2 Å². The van der Waals surface area contributed by atoms with E-state index in [4.69, 9.17) is 0 Å². The smallest absolute Gasteiger partial charge is 0.0449 e. The molecule has 0 aliphatic carbocycles. The zero-order valence-corrected chi connectivity index (χ0v) is 13.5. The monoisotopic (exact) mass is 274 g/mol. The fraction of sp³-hybridized carbons (Fsp3) is 0.667. The second-order valence-electron chi connectivity index (χ2n) is 7.30. The highest BCUT2D eigenvalue weighted by Crippen LogP contribution is 2.27. The highest BCUT2D eigenvalue weighted by Gasteiger charge is 2.25. The van der Waals surface area contributed by atoms with Crippen LogP contribution in [-0.4, -0.2) is 31.1 Å². The SMILES string of the molecule is CC(CN1CCCNC(c2ccccc2)C1)C(C)(C)C. The van der Waals surface area contributed by atoms with Crippen LogP contribution in [0.25, 0.3) is 0 Å². The van der Waals surface area contributed by atoms with E-state index >= 15 is 0 Å². The first-order valence-corrected chi connectivity index (χ1v) is 7.97. The van der Waals surface area contributed by atoms with Crippen LogP contribution in [0.1, 0.15) is 45.7 Å². The van der Waals surface area contributed by atoms with Gasteiger partial charge in [-0.25, -0.2) is 0 Å². The Bertz CT molecular complexity index is 394. The fourth-order valence-corrected chi connectivity index (χ4v) is 2.73. The molecule has 2 rings (SSSR count). The van der Waals surface area contributed by atoms with Gasteiger partial charge in [-0.3, -0.25) is 0 Å². The number of rotatable bonds is 3. The van der Waals surface area contributed by atoms with Gasteiger partial charge in [0.1, 0.15) is 0 Å². The van der Waals surface area contributed by atoms with Crippen molar-refractivity contribution in [3.05, 3.63) is 35.9 Å². The second kappa shape index (κ2) is 6.73. The lowest BCUT2D eigenvalue weighted by molar-refractivity contribution is 0.159. The van der Waals surface area contributed by atoms with Crippen LogP contribution in [-0.2, 0) is 0 Å². The molecule has 112 valence electrons. The molecule has 0 saturated carbocycles. The van der Waals surface area contributed by atoms with Gasteiger partial charge in [-0.15, -0.1) is 0 Å². The maximum atomic E-state index is 3.70. The van der Waals surface area contributed by atoms with Crippen molar-refractivity contribution in [2.24, 2.45) is 11.3 Å². The largest absolute Gasteiger partial charge is 0.309 e. The van der Waals surface area contributed by atoms with E-state index in [0.29, 0.717) is 11.5 Å². The zero-order chi connectivity index (χ0) is 14.6. The van der Waals surface area contributed by atoms with E-state index in [-0.39, 0.29) is 0 Å². The summed E-state index contributed by atoms with van der Waals surface area (Å²) in [5, 5.41) is 3.70. The first kappa shape index (κ1) is 15.5. The van der Waals surface area contributed by atoms with Gasteiger partial charge in [0.05, 0.1) is 0 Å². The van der Waals surface area contributed by atoms with Gasteiger partial charge in [0.15, 0.2) is 0 Å². The Hall–Kier alpha value is -0.860. The summed E-state index contributed by atoms with van der Waals surface area (Å²) in [4.78, 5) is 2.65. The van der Waals surface area contributed by atoms with E-state index in [2.05, 4.69) is 68.2 Å². The molecule has 2 nitrogen and oxygen atoms in total. The third-order valence-electron chi connectivity index (χ3n) is 4.70. The Balaban J connectivity index is 2.00. The predicted octanol–water partition coefficient (Wildman–Crippen LogP) is 3.71. The average Bonchev–Trinajstić information content (AvgIpc) is 2.64. The van der Waals surface area contributed by atoms with Crippen LogP contribution in [0.2, 0.25) is 0 Å². The molecule has 2 unspecified atom stereocenters. The first-order valence-electron chi connectivity index (χ1n) is 7.97. The topological polar surface area (TPSA) is 15.3 Å². The van der Waals surface area contributed by atoms with Gasteiger partial charge < -0.3 is 10.2 Å². The van der Waals surface area contributed by atoms with Gasteiger partial charge in [0.2, 0.25) is 0 Å². The average molecular weight is 274 g/mol. The van der Waals surface area contributed by atoms with Crippen molar-refractivity contribution in [2.75, 3.05) is 26.2 Å². The van der Waals surface area contributed by atoms with Crippen molar-refractivity contribution in [1.29, 1.82) is 0 Å². The number of nitrogens with zero attached hydrogens (tertiary/aromatic N) is 1. The molecule has 1 saturated heterocycles. The van der Waals surface area contributed by atoms with E-state index in [1.165, 1.54) is 25.1 Å². The zero-order valence-electron chi connectivity index (χ0n) is 13.5. The molecule has 1 aliphatic rings. The summed E-state index contributed by atoms with van der Waals surface area (Å²) in [6.45, 7) is 14.1. The lowest BCUT2D eigenvalue weighted by Crippen LogP contribution is -2.37. The number of nitrogens with one attached hydrogen (secondary N) is 1. The highest BCUT2D eigenvalue weighted by atomic mass is 15.2. The molecule has 2 heteroatoms. The predicted molar refractivity (Wildman–Crippen MR) is 86.9 cm³/mol. The van der Waals surface area contributed by atoms with Crippen LogP contribution >= 0.6 is 0 Å². The lowest BCUT2D eigenvalue weighted by Gasteiger charge is -2.33. The van der Waals surface area contributed by atoms with Crippen molar-refractivity contribution >= 4 is 0 Å². The summed E-state index contributed by atoms with van der Waals surface area (Å²) in [5.74, 6) is 0.719.